The van der Waals surface area contributed by atoms with Gasteiger partial charge in [-0.15, -0.1) is 0 Å². The Morgan fingerprint density at radius 2 is 1.73 bits per heavy atom. The lowest BCUT2D eigenvalue weighted by atomic mass is 10.1. The third kappa shape index (κ3) is 2.62. The average Bonchev–Trinajstić information content (AvgIpc) is 2.40. The van der Waals surface area contributed by atoms with Crippen molar-refractivity contribution in [3.63, 3.8) is 0 Å². The quantitative estimate of drug-likeness (QED) is 0.647. The first-order valence-corrected chi connectivity index (χ1v) is 6.84. The van der Waals surface area contributed by atoms with Crippen LogP contribution in [-0.2, 0) is 10.1 Å². The van der Waals surface area contributed by atoms with Crippen LogP contribution in [0, 0.1) is 0 Å². The Kier molecular flexibility index (Phi) is 3.61. The van der Waals surface area contributed by atoms with Gasteiger partial charge in [-0.05, 0) is 6.07 Å². The van der Waals surface area contributed by atoms with E-state index in [1.54, 1.807) is 4.98 Å². The third-order valence-corrected chi connectivity index (χ3v) is 3.53. The normalized spacial score (nSPS) is 12.3. The summed E-state index contributed by atoms with van der Waals surface area (Å²) in [5, 5.41) is 8.32. The number of fused-ring (bicyclic) bond motifs is 1. The number of H-pyrrole nitrogens is 1. The van der Waals surface area contributed by atoms with Crippen molar-refractivity contribution in [1.82, 2.24) is 4.98 Å². The summed E-state index contributed by atoms with van der Waals surface area (Å²) in [7, 11) is -6.10. The van der Waals surface area contributed by atoms with E-state index in [9.17, 15) is 31.2 Å². The van der Waals surface area contributed by atoms with E-state index in [2.05, 4.69) is 4.18 Å². The number of aromatic nitrogens is 1. The Labute approximate surface area is 120 Å². The predicted octanol–water partition coefficient (Wildman–Crippen LogP) is 1.45. The topological polar surface area (TPSA) is 114 Å². The average molecular weight is 337 g/mol. The molecule has 0 aliphatic heterocycles. The van der Waals surface area contributed by atoms with E-state index in [4.69, 9.17) is 5.11 Å². The first kappa shape index (κ1) is 15.8. The number of nitrogens with one attached hydrogen (secondary N) is 1. The first-order valence-electron chi connectivity index (χ1n) is 5.43. The second-order valence-electron chi connectivity index (χ2n) is 3.99. The summed E-state index contributed by atoms with van der Waals surface area (Å²) in [6.07, 6.45) is 0. The van der Waals surface area contributed by atoms with Gasteiger partial charge in [0.15, 0.2) is 11.4 Å². The number of benzene rings is 1. The lowest BCUT2D eigenvalue weighted by Gasteiger charge is -2.13. The van der Waals surface area contributed by atoms with E-state index in [0.717, 1.165) is 6.07 Å². The molecule has 0 amide bonds. The monoisotopic (exact) mass is 337 g/mol. The van der Waals surface area contributed by atoms with Gasteiger partial charge >= 0.3 is 21.6 Å². The summed E-state index contributed by atoms with van der Waals surface area (Å²) >= 11 is 0. The zero-order valence-corrected chi connectivity index (χ0v) is 11.2. The van der Waals surface area contributed by atoms with Crippen molar-refractivity contribution in [1.29, 1.82) is 0 Å². The molecule has 118 valence electrons. The van der Waals surface area contributed by atoms with Gasteiger partial charge in [0, 0.05) is 5.39 Å². The number of carbonyl (C=O) groups is 1. The molecule has 7 nitrogen and oxygen atoms in total. The van der Waals surface area contributed by atoms with Crippen LogP contribution in [0.25, 0.3) is 10.8 Å². The number of carboxylic acids is 1. The van der Waals surface area contributed by atoms with Gasteiger partial charge in [-0.1, -0.05) is 18.2 Å². The summed E-state index contributed by atoms with van der Waals surface area (Å²) in [6.45, 7) is 0. The number of halogens is 3. The number of alkyl halides is 3. The zero-order chi connectivity index (χ0) is 16.7. The molecule has 0 radical (unpaired) electrons. The third-order valence-electron chi connectivity index (χ3n) is 2.57. The molecule has 0 bridgehead atoms. The van der Waals surface area contributed by atoms with Crippen LogP contribution in [-0.4, -0.2) is 30.0 Å². The number of rotatable bonds is 3. The van der Waals surface area contributed by atoms with Crippen LogP contribution in [0.3, 0.4) is 0 Å². The van der Waals surface area contributed by atoms with Crippen LogP contribution >= 0.6 is 0 Å². The predicted molar refractivity (Wildman–Crippen MR) is 67.1 cm³/mol. The number of hydrogen-bond donors (Lipinski definition) is 2. The highest BCUT2D eigenvalue weighted by molar-refractivity contribution is 7.88. The molecule has 1 aromatic carbocycles. The molecule has 0 aliphatic carbocycles. The molecular formula is C11H6F3NO6S. The van der Waals surface area contributed by atoms with Crippen LogP contribution in [0.15, 0.2) is 29.1 Å². The van der Waals surface area contributed by atoms with E-state index < -0.39 is 38.6 Å². The van der Waals surface area contributed by atoms with Crippen LogP contribution in [0.2, 0.25) is 0 Å². The van der Waals surface area contributed by atoms with Crippen molar-refractivity contribution < 1.29 is 35.7 Å². The smallest absolute Gasteiger partial charge is 0.476 e. The minimum absolute atomic E-state index is 0.222. The number of aromatic carboxylic acids is 1. The fraction of sp³-hybridized carbons (Fsp3) is 0.0909. The number of carboxylic acid groups (broad SMARTS) is 1. The maximum absolute atomic E-state index is 12.4. The van der Waals surface area contributed by atoms with Gasteiger partial charge in [0.2, 0.25) is 0 Å². The van der Waals surface area contributed by atoms with Crippen molar-refractivity contribution >= 4 is 26.9 Å². The molecule has 22 heavy (non-hydrogen) atoms. The molecule has 0 fully saturated rings. The maximum Gasteiger partial charge on any atom is 0.534 e. The standard InChI is InChI=1S/C11H6F3NO6S/c12-11(13,14)22(19,20)21-8-5-3-1-2-4-6(5)9(16)15-7(8)10(17)18/h1-4H,(H,15,16)(H,17,18). The Morgan fingerprint density at radius 3 is 2.23 bits per heavy atom. The largest absolute Gasteiger partial charge is 0.534 e. The fourth-order valence-electron chi connectivity index (χ4n) is 1.65. The van der Waals surface area contributed by atoms with Crippen molar-refractivity contribution in [2.45, 2.75) is 5.51 Å². The number of aromatic amines is 1. The second-order valence-corrected chi connectivity index (χ2v) is 5.53. The highest BCUT2D eigenvalue weighted by Gasteiger charge is 2.49. The van der Waals surface area contributed by atoms with Gasteiger partial charge in [-0.3, -0.25) is 4.79 Å². The molecule has 11 heteroatoms. The highest BCUT2D eigenvalue weighted by Crippen LogP contribution is 2.32. The molecule has 2 rings (SSSR count). The van der Waals surface area contributed by atoms with Crippen LogP contribution in [0.4, 0.5) is 13.2 Å². The Balaban J connectivity index is 2.82. The van der Waals surface area contributed by atoms with Gasteiger partial charge in [-0.25, -0.2) is 4.79 Å². The fourth-order valence-corrected chi connectivity index (χ4v) is 2.13. The van der Waals surface area contributed by atoms with E-state index >= 15 is 0 Å². The van der Waals surface area contributed by atoms with Crippen molar-refractivity contribution in [3.8, 4) is 5.75 Å². The van der Waals surface area contributed by atoms with Crippen LogP contribution in [0.5, 0.6) is 5.75 Å². The minimum Gasteiger partial charge on any atom is -0.476 e. The summed E-state index contributed by atoms with van der Waals surface area (Å²) in [5.74, 6) is -2.96. The van der Waals surface area contributed by atoms with Gasteiger partial charge in [0.25, 0.3) is 5.56 Å². The van der Waals surface area contributed by atoms with Crippen molar-refractivity contribution in [3.05, 3.63) is 40.3 Å². The summed E-state index contributed by atoms with van der Waals surface area (Å²) < 4.78 is 63.3. The number of pyridine rings is 1. The second kappa shape index (κ2) is 5.02. The zero-order valence-electron chi connectivity index (χ0n) is 10.3. The van der Waals surface area contributed by atoms with Crippen molar-refractivity contribution in [2.75, 3.05) is 0 Å². The van der Waals surface area contributed by atoms with Gasteiger partial charge < -0.3 is 14.3 Å². The summed E-state index contributed by atoms with van der Waals surface area (Å²) in [4.78, 5) is 24.5. The Bertz CT molecular complexity index is 916. The number of hydrogen-bond acceptors (Lipinski definition) is 5. The molecule has 0 saturated heterocycles. The molecular weight excluding hydrogens is 331 g/mol. The van der Waals surface area contributed by atoms with E-state index in [0.29, 0.717) is 0 Å². The summed E-state index contributed by atoms with van der Waals surface area (Å²) in [6, 6.07) is 4.88. The molecule has 0 atom stereocenters. The molecule has 2 aromatic rings. The first-order chi connectivity index (χ1) is 10.0. The minimum atomic E-state index is -6.10. The molecule has 1 aromatic heterocycles. The Hall–Kier alpha value is -2.56. The molecule has 0 unspecified atom stereocenters. The lowest BCUT2D eigenvalue weighted by Crippen LogP contribution is -2.29. The molecule has 0 aliphatic rings. The van der Waals surface area contributed by atoms with E-state index in [-0.39, 0.29) is 10.8 Å². The highest BCUT2D eigenvalue weighted by atomic mass is 32.2. The molecule has 0 spiro atoms. The summed E-state index contributed by atoms with van der Waals surface area (Å²) in [5.41, 5.74) is -7.76. The molecule has 1 heterocycles. The van der Waals surface area contributed by atoms with Crippen molar-refractivity contribution in [2.24, 2.45) is 0 Å². The van der Waals surface area contributed by atoms with Crippen LogP contribution < -0.4 is 9.74 Å². The Morgan fingerprint density at radius 1 is 1.18 bits per heavy atom. The van der Waals surface area contributed by atoms with Gasteiger partial charge in [-0.2, -0.15) is 21.6 Å². The lowest BCUT2D eigenvalue weighted by molar-refractivity contribution is -0.0500. The van der Waals surface area contributed by atoms with Crippen LogP contribution in [0.1, 0.15) is 10.5 Å². The van der Waals surface area contributed by atoms with E-state index in [1.807, 2.05) is 0 Å². The maximum atomic E-state index is 12.4. The molecule has 0 saturated carbocycles. The molecule has 2 N–H and O–H groups in total. The van der Waals surface area contributed by atoms with E-state index in [1.165, 1.54) is 18.2 Å². The van der Waals surface area contributed by atoms with Gasteiger partial charge in [0.1, 0.15) is 0 Å². The SMILES string of the molecule is O=C(O)c1[nH]c(=O)c2ccccc2c1OS(=O)(=O)C(F)(F)F. The van der Waals surface area contributed by atoms with Gasteiger partial charge in [0.05, 0.1) is 5.39 Å².